The summed E-state index contributed by atoms with van der Waals surface area (Å²) in [6.07, 6.45) is 0. The standard InChI is InChI=1S/C8H20N.C7H8.H2O/c1-5-9(6-2,7-3)8-4;1-7-5-3-2-4-6-7;/h5-8H2,1-4H3;2-6H,1H3;1H2/q+1;;/p-1. The molecule has 17 heavy (non-hydrogen) atoms. The van der Waals surface area contributed by atoms with Crippen LogP contribution in [-0.4, -0.2) is 36.1 Å². The zero-order chi connectivity index (χ0) is 12.4. The zero-order valence-corrected chi connectivity index (χ0v) is 12.1. The minimum atomic E-state index is 0. The molecule has 0 saturated carbocycles. The van der Waals surface area contributed by atoms with Crippen molar-refractivity contribution >= 4 is 0 Å². The van der Waals surface area contributed by atoms with Gasteiger partial charge in [-0.05, 0) is 34.6 Å². The lowest BCUT2D eigenvalue weighted by molar-refractivity contribution is -0.921. The highest BCUT2D eigenvalue weighted by Gasteiger charge is 2.16. The van der Waals surface area contributed by atoms with Gasteiger partial charge in [0.15, 0.2) is 0 Å². The maximum atomic E-state index is 2.27. The highest BCUT2D eigenvalue weighted by Crippen LogP contribution is 2.03. The Labute approximate surface area is 107 Å². The van der Waals surface area contributed by atoms with Crippen LogP contribution in [0.2, 0.25) is 0 Å². The molecular formula is C15H29NO. The summed E-state index contributed by atoms with van der Waals surface area (Å²) in [5.41, 5.74) is 1.32. The van der Waals surface area contributed by atoms with Crippen LogP contribution in [0.1, 0.15) is 33.3 Å². The molecule has 1 N–H and O–H groups in total. The molecule has 1 aromatic carbocycles. The van der Waals surface area contributed by atoms with Crippen LogP contribution < -0.4 is 0 Å². The summed E-state index contributed by atoms with van der Waals surface area (Å²) in [4.78, 5) is 0. The fourth-order valence-electron chi connectivity index (χ4n) is 1.88. The van der Waals surface area contributed by atoms with Crippen LogP contribution >= 0.6 is 0 Å². The number of hydrogen-bond donors (Lipinski definition) is 0. The van der Waals surface area contributed by atoms with Gasteiger partial charge < -0.3 is 9.96 Å². The molecule has 0 bridgehead atoms. The van der Waals surface area contributed by atoms with Crippen molar-refractivity contribution in [3.63, 3.8) is 0 Å². The second-order valence-corrected chi connectivity index (χ2v) is 4.26. The Morgan fingerprint density at radius 3 is 1.24 bits per heavy atom. The van der Waals surface area contributed by atoms with Gasteiger partial charge in [0.25, 0.3) is 0 Å². The lowest BCUT2D eigenvalue weighted by Crippen LogP contribution is -2.47. The second kappa shape index (κ2) is 10.3. The van der Waals surface area contributed by atoms with Crippen molar-refractivity contribution in [1.29, 1.82) is 0 Å². The number of hydrogen-bond acceptors (Lipinski definition) is 1. The summed E-state index contributed by atoms with van der Waals surface area (Å²) in [7, 11) is 0. The van der Waals surface area contributed by atoms with Crippen molar-refractivity contribution in [2.24, 2.45) is 0 Å². The van der Waals surface area contributed by atoms with E-state index in [4.69, 9.17) is 0 Å². The van der Waals surface area contributed by atoms with Crippen molar-refractivity contribution in [3.05, 3.63) is 35.9 Å². The number of aryl methyl sites for hydroxylation is 1. The van der Waals surface area contributed by atoms with Gasteiger partial charge in [-0.3, -0.25) is 0 Å². The summed E-state index contributed by atoms with van der Waals surface area (Å²) >= 11 is 0. The smallest absolute Gasteiger partial charge is 0.0757 e. The zero-order valence-electron chi connectivity index (χ0n) is 12.1. The minimum absolute atomic E-state index is 0. The van der Waals surface area contributed by atoms with Crippen LogP contribution in [0.25, 0.3) is 0 Å². The van der Waals surface area contributed by atoms with Crippen LogP contribution in [0.3, 0.4) is 0 Å². The van der Waals surface area contributed by atoms with Gasteiger partial charge in [-0.2, -0.15) is 0 Å². The van der Waals surface area contributed by atoms with Gasteiger partial charge in [0, 0.05) is 0 Å². The molecule has 2 nitrogen and oxygen atoms in total. The molecule has 0 aromatic heterocycles. The molecule has 1 rings (SSSR count). The molecule has 1 aromatic rings. The van der Waals surface area contributed by atoms with Crippen LogP contribution in [0.15, 0.2) is 30.3 Å². The first kappa shape index (κ1) is 18.5. The van der Waals surface area contributed by atoms with Crippen LogP contribution in [0.5, 0.6) is 0 Å². The Balaban J connectivity index is 0. The van der Waals surface area contributed by atoms with E-state index in [1.54, 1.807) is 0 Å². The molecule has 0 fully saturated rings. The first-order valence-electron chi connectivity index (χ1n) is 6.50. The summed E-state index contributed by atoms with van der Waals surface area (Å²) in [5.74, 6) is 0. The minimum Gasteiger partial charge on any atom is -0.870 e. The first-order chi connectivity index (χ1) is 7.64. The fraction of sp³-hybridized carbons (Fsp3) is 0.600. The average Bonchev–Trinajstić information content (AvgIpc) is 2.35. The predicted octanol–water partition coefficient (Wildman–Crippen LogP) is 3.70. The number of quaternary nitrogens is 1. The molecule has 0 heterocycles. The van der Waals surface area contributed by atoms with Gasteiger partial charge in [0.2, 0.25) is 0 Å². The van der Waals surface area contributed by atoms with Gasteiger partial charge >= 0.3 is 0 Å². The van der Waals surface area contributed by atoms with Crippen LogP contribution in [0, 0.1) is 6.92 Å². The molecule has 0 aliphatic heterocycles. The summed E-state index contributed by atoms with van der Waals surface area (Å²) in [5, 5.41) is 0. The molecule has 0 radical (unpaired) electrons. The van der Waals surface area contributed by atoms with Gasteiger partial charge in [-0.1, -0.05) is 35.9 Å². The van der Waals surface area contributed by atoms with Crippen LogP contribution in [0.4, 0.5) is 0 Å². The summed E-state index contributed by atoms with van der Waals surface area (Å²) < 4.78 is 1.28. The normalized spacial score (nSPS) is 9.94. The van der Waals surface area contributed by atoms with E-state index in [1.165, 1.54) is 36.2 Å². The van der Waals surface area contributed by atoms with E-state index < -0.39 is 0 Å². The lowest BCUT2D eigenvalue weighted by Gasteiger charge is -2.34. The third-order valence-electron chi connectivity index (χ3n) is 3.62. The largest absolute Gasteiger partial charge is 0.870 e. The topological polar surface area (TPSA) is 30.0 Å². The quantitative estimate of drug-likeness (QED) is 0.737. The summed E-state index contributed by atoms with van der Waals surface area (Å²) in [6, 6.07) is 10.3. The van der Waals surface area contributed by atoms with Crippen molar-refractivity contribution in [1.82, 2.24) is 0 Å². The Hall–Kier alpha value is -0.860. The highest BCUT2D eigenvalue weighted by molar-refractivity contribution is 5.11. The van der Waals surface area contributed by atoms with E-state index in [2.05, 4.69) is 46.8 Å². The Bertz CT molecular complexity index is 237. The highest BCUT2D eigenvalue weighted by atomic mass is 16.0. The third-order valence-corrected chi connectivity index (χ3v) is 3.62. The van der Waals surface area contributed by atoms with Crippen molar-refractivity contribution in [2.75, 3.05) is 26.2 Å². The van der Waals surface area contributed by atoms with Crippen molar-refractivity contribution < 1.29 is 9.96 Å². The van der Waals surface area contributed by atoms with Crippen molar-refractivity contribution in [3.8, 4) is 0 Å². The predicted molar refractivity (Wildman–Crippen MR) is 75.5 cm³/mol. The Kier molecular flexibility index (Phi) is 11.2. The second-order valence-electron chi connectivity index (χ2n) is 4.26. The molecule has 0 unspecified atom stereocenters. The Morgan fingerprint density at radius 2 is 1.12 bits per heavy atom. The first-order valence-corrected chi connectivity index (χ1v) is 6.50. The molecule has 0 saturated heterocycles. The lowest BCUT2D eigenvalue weighted by atomic mass is 10.2. The maximum absolute atomic E-state index is 2.27. The van der Waals surface area contributed by atoms with Gasteiger partial charge in [0.05, 0.1) is 26.2 Å². The SMILES string of the molecule is CC[N+](CC)(CC)CC.Cc1ccccc1.[OH-]. The number of benzene rings is 1. The van der Waals surface area contributed by atoms with Gasteiger partial charge in [-0.25, -0.2) is 0 Å². The number of rotatable bonds is 4. The number of nitrogens with zero attached hydrogens (tertiary/aromatic N) is 1. The average molecular weight is 239 g/mol. The Morgan fingerprint density at radius 1 is 0.765 bits per heavy atom. The summed E-state index contributed by atoms with van der Waals surface area (Å²) in [6.45, 7) is 16.3. The third kappa shape index (κ3) is 7.14. The van der Waals surface area contributed by atoms with E-state index in [-0.39, 0.29) is 5.48 Å². The molecule has 0 aliphatic carbocycles. The van der Waals surface area contributed by atoms with E-state index in [0.717, 1.165) is 0 Å². The molecule has 0 amide bonds. The monoisotopic (exact) mass is 239 g/mol. The molecule has 2 heteroatoms. The molecule has 0 atom stereocenters. The van der Waals surface area contributed by atoms with Crippen molar-refractivity contribution in [2.45, 2.75) is 34.6 Å². The molecule has 100 valence electrons. The van der Waals surface area contributed by atoms with Gasteiger partial charge in [-0.15, -0.1) is 0 Å². The molecule has 0 spiro atoms. The van der Waals surface area contributed by atoms with Crippen LogP contribution in [-0.2, 0) is 0 Å². The van der Waals surface area contributed by atoms with E-state index in [1.807, 2.05) is 18.2 Å². The van der Waals surface area contributed by atoms with Gasteiger partial charge in [0.1, 0.15) is 0 Å². The molecular weight excluding hydrogens is 210 g/mol. The van der Waals surface area contributed by atoms with E-state index >= 15 is 0 Å². The van der Waals surface area contributed by atoms with E-state index in [0.29, 0.717) is 0 Å². The maximum Gasteiger partial charge on any atom is 0.0757 e. The molecule has 0 aliphatic rings. The van der Waals surface area contributed by atoms with E-state index in [9.17, 15) is 0 Å². The fourth-order valence-corrected chi connectivity index (χ4v) is 1.88.